The summed E-state index contributed by atoms with van der Waals surface area (Å²) in [5.41, 5.74) is 3.89. The van der Waals surface area contributed by atoms with Crippen molar-refractivity contribution in [3.8, 4) is 11.1 Å². The molecule has 0 unspecified atom stereocenters. The maximum atomic E-state index is 12.7. The lowest BCUT2D eigenvalue weighted by molar-refractivity contribution is -0.139. The van der Waals surface area contributed by atoms with Gasteiger partial charge in [-0.25, -0.2) is 4.79 Å². The van der Waals surface area contributed by atoms with Gasteiger partial charge >= 0.3 is 12.1 Å². The molecule has 9 heteroatoms. The van der Waals surface area contributed by atoms with Crippen molar-refractivity contribution in [3.05, 3.63) is 71.4 Å². The van der Waals surface area contributed by atoms with Crippen LogP contribution in [0.4, 0.5) is 10.6 Å². The second-order valence-corrected chi connectivity index (χ2v) is 9.15. The lowest BCUT2D eigenvalue weighted by Crippen LogP contribution is -2.54. The van der Waals surface area contributed by atoms with Gasteiger partial charge in [-0.3, -0.25) is 19.6 Å². The average molecular weight is 475 g/mol. The highest BCUT2D eigenvalue weighted by Gasteiger charge is 2.41. The van der Waals surface area contributed by atoms with Crippen molar-refractivity contribution in [3.63, 3.8) is 0 Å². The fraction of sp³-hybridized carbons (Fsp3) is 0.308. The largest absolute Gasteiger partial charge is 0.481 e. The van der Waals surface area contributed by atoms with Crippen LogP contribution < -0.4 is 10.6 Å². The van der Waals surface area contributed by atoms with Crippen LogP contribution in [0.25, 0.3) is 11.1 Å². The zero-order valence-electron chi connectivity index (χ0n) is 19.3. The van der Waals surface area contributed by atoms with Crippen LogP contribution >= 0.6 is 0 Å². The minimum Gasteiger partial charge on any atom is -0.481 e. The summed E-state index contributed by atoms with van der Waals surface area (Å²) in [4.78, 5) is 36.5. The predicted molar refractivity (Wildman–Crippen MR) is 128 cm³/mol. The maximum absolute atomic E-state index is 12.7. The van der Waals surface area contributed by atoms with E-state index in [1.54, 1.807) is 7.05 Å². The summed E-state index contributed by atoms with van der Waals surface area (Å²) in [5.74, 6) is -1.19. The number of amides is 2. The molecule has 0 saturated heterocycles. The lowest BCUT2D eigenvalue weighted by atomic mass is 9.74. The Kier molecular flexibility index (Phi) is 5.76. The van der Waals surface area contributed by atoms with Crippen LogP contribution in [0.3, 0.4) is 0 Å². The number of nitrogens with zero attached hydrogens (tertiary/aromatic N) is 2. The number of nitrogens with one attached hydrogen (secondary N) is 2. The highest BCUT2D eigenvalue weighted by molar-refractivity contribution is 5.95. The van der Waals surface area contributed by atoms with Gasteiger partial charge in [0.05, 0.1) is 12.0 Å². The van der Waals surface area contributed by atoms with Crippen molar-refractivity contribution in [1.82, 2.24) is 15.1 Å². The van der Waals surface area contributed by atoms with Crippen LogP contribution in [0.1, 0.15) is 53.2 Å². The zero-order chi connectivity index (χ0) is 24.6. The Morgan fingerprint density at radius 2 is 1.71 bits per heavy atom. The molecule has 3 aromatic rings. The normalized spacial score (nSPS) is 15.5. The van der Waals surface area contributed by atoms with Gasteiger partial charge in [-0.05, 0) is 41.5 Å². The number of carboxylic acids is 1. The Hall–Kier alpha value is -4.14. The van der Waals surface area contributed by atoms with Crippen LogP contribution in [0.2, 0.25) is 0 Å². The fourth-order valence-electron chi connectivity index (χ4n) is 4.98. The molecule has 0 radical (unpaired) electrons. The molecule has 0 bridgehead atoms. The highest BCUT2D eigenvalue weighted by Crippen LogP contribution is 2.44. The van der Waals surface area contributed by atoms with E-state index in [9.17, 15) is 14.4 Å². The van der Waals surface area contributed by atoms with Gasteiger partial charge in [0.25, 0.3) is 5.91 Å². The number of anilines is 1. The number of fused-ring (bicyclic) bond motifs is 3. The van der Waals surface area contributed by atoms with Crippen molar-refractivity contribution >= 4 is 23.8 Å². The SMILES string of the molecule is Cn1nc(C(=O)NC2(CC(=O)O)CCC2)cc1NC(=O)OCC1c2ccccc2-c2ccccc21. The third-order valence-corrected chi connectivity index (χ3v) is 6.87. The highest BCUT2D eigenvalue weighted by atomic mass is 16.5. The summed E-state index contributed by atoms with van der Waals surface area (Å²) >= 11 is 0. The molecule has 1 fully saturated rings. The Labute approximate surface area is 202 Å². The molecule has 0 aliphatic heterocycles. The van der Waals surface area contributed by atoms with Crippen LogP contribution in [0.15, 0.2) is 54.6 Å². The number of aryl methyl sites for hydroxylation is 1. The third-order valence-electron chi connectivity index (χ3n) is 6.87. The van der Waals surface area contributed by atoms with Gasteiger partial charge in [-0.2, -0.15) is 5.10 Å². The number of carbonyl (C=O) groups is 3. The van der Waals surface area contributed by atoms with E-state index in [0.29, 0.717) is 18.7 Å². The molecule has 0 spiro atoms. The predicted octanol–water partition coefficient (Wildman–Crippen LogP) is 3.91. The molecule has 1 heterocycles. The van der Waals surface area contributed by atoms with Crippen LogP contribution in [-0.2, 0) is 16.6 Å². The lowest BCUT2D eigenvalue weighted by Gasteiger charge is -2.41. The standard InChI is InChI=1S/C26H26N4O5/c1-30-22(13-21(29-30)24(33)28-26(11-6-12-26)14-23(31)32)27-25(34)35-15-20-18-9-4-2-7-16(18)17-8-3-5-10-19(17)20/h2-5,7-10,13,20H,6,11-12,14-15H2,1H3,(H,27,34)(H,28,33)(H,31,32). The molecule has 9 nitrogen and oxygen atoms in total. The van der Waals surface area contributed by atoms with Gasteiger partial charge in [-0.1, -0.05) is 48.5 Å². The maximum Gasteiger partial charge on any atom is 0.412 e. The summed E-state index contributed by atoms with van der Waals surface area (Å²) in [6.45, 7) is 0.169. The van der Waals surface area contributed by atoms with Gasteiger partial charge < -0.3 is 15.2 Å². The van der Waals surface area contributed by atoms with E-state index in [2.05, 4.69) is 27.9 Å². The molecule has 180 valence electrons. The first-order valence-corrected chi connectivity index (χ1v) is 11.6. The summed E-state index contributed by atoms with van der Waals surface area (Å²) in [6.07, 6.45) is 1.31. The number of rotatable bonds is 7. The third kappa shape index (κ3) is 4.37. The van der Waals surface area contributed by atoms with Gasteiger partial charge in [0.15, 0.2) is 5.69 Å². The molecule has 2 aliphatic carbocycles. The molecule has 2 aliphatic rings. The summed E-state index contributed by atoms with van der Waals surface area (Å²) in [7, 11) is 1.60. The van der Waals surface area contributed by atoms with E-state index < -0.39 is 23.5 Å². The van der Waals surface area contributed by atoms with Crippen molar-refractivity contribution in [2.45, 2.75) is 37.1 Å². The van der Waals surface area contributed by atoms with Gasteiger partial charge in [0, 0.05) is 19.0 Å². The van der Waals surface area contributed by atoms with Crippen LogP contribution in [0, 0.1) is 0 Å². The van der Waals surface area contributed by atoms with E-state index in [1.165, 1.54) is 10.7 Å². The van der Waals surface area contributed by atoms with E-state index in [0.717, 1.165) is 28.7 Å². The Morgan fingerprint density at radius 1 is 1.09 bits per heavy atom. The van der Waals surface area contributed by atoms with Crippen molar-refractivity contribution in [1.29, 1.82) is 0 Å². The first-order chi connectivity index (χ1) is 16.8. The van der Waals surface area contributed by atoms with E-state index in [-0.39, 0.29) is 24.6 Å². The second-order valence-electron chi connectivity index (χ2n) is 9.15. The Balaban J connectivity index is 1.23. The molecule has 5 rings (SSSR count). The molecular formula is C26H26N4O5. The molecule has 35 heavy (non-hydrogen) atoms. The van der Waals surface area contributed by atoms with Crippen LogP contribution in [0.5, 0.6) is 0 Å². The molecular weight excluding hydrogens is 448 g/mol. The van der Waals surface area contributed by atoms with Crippen molar-refractivity contribution < 1.29 is 24.2 Å². The molecule has 1 aromatic heterocycles. The van der Waals surface area contributed by atoms with Crippen molar-refractivity contribution in [2.75, 3.05) is 11.9 Å². The quantitative estimate of drug-likeness (QED) is 0.477. The first kappa shape index (κ1) is 22.6. The Bertz CT molecular complexity index is 1270. The zero-order valence-corrected chi connectivity index (χ0v) is 19.3. The second kappa shape index (κ2) is 8.90. The number of benzene rings is 2. The molecule has 1 saturated carbocycles. The first-order valence-electron chi connectivity index (χ1n) is 11.6. The molecule has 2 amide bonds. The number of hydrogen-bond acceptors (Lipinski definition) is 5. The van der Waals surface area contributed by atoms with Crippen molar-refractivity contribution in [2.24, 2.45) is 7.05 Å². The topological polar surface area (TPSA) is 123 Å². The number of aromatic nitrogens is 2. The van der Waals surface area contributed by atoms with E-state index in [1.807, 2.05) is 36.4 Å². The fourth-order valence-corrected chi connectivity index (χ4v) is 4.98. The van der Waals surface area contributed by atoms with Crippen LogP contribution in [-0.4, -0.2) is 45.0 Å². The number of carboxylic acid groups (broad SMARTS) is 1. The monoisotopic (exact) mass is 474 g/mol. The van der Waals surface area contributed by atoms with Gasteiger partial charge in [0.1, 0.15) is 12.4 Å². The summed E-state index contributed by atoms with van der Waals surface area (Å²) in [5, 5.41) is 18.8. The summed E-state index contributed by atoms with van der Waals surface area (Å²) < 4.78 is 6.94. The van der Waals surface area contributed by atoms with E-state index in [4.69, 9.17) is 9.84 Å². The average Bonchev–Trinajstić information content (AvgIpc) is 3.33. The summed E-state index contributed by atoms with van der Waals surface area (Å²) in [6, 6.07) is 17.6. The van der Waals surface area contributed by atoms with E-state index >= 15 is 0 Å². The minimum absolute atomic E-state index is 0.0612. The number of carbonyl (C=O) groups excluding carboxylic acids is 2. The number of ether oxygens (including phenoxy) is 1. The Morgan fingerprint density at radius 3 is 2.29 bits per heavy atom. The molecule has 3 N–H and O–H groups in total. The number of hydrogen-bond donors (Lipinski definition) is 3. The number of aliphatic carboxylic acids is 1. The van der Waals surface area contributed by atoms with Gasteiger partial charge in [-0.15, -0.1) is 0 Å². The molecule has 2 aromatic carbocycles. The van der Waals surface area contributed by atoms with Gasteiger partial charge in [0.2, 0.25) is 0 Å². The smallest absolute Gasteiger partial charge is 0.412 e. The molecule has 0 atom stereocenters. The minimum atomic E-state index is -0.955.